The molecule has 0 spiro atoms. The zero-order chi connectivity index (χ0) is 26.7. The van der Waals surface area contributed by atoms with Gasteiger partial charge >= 0.3 is 11.9 Å². The van der Waals surface area contributed by atoms with E-state index in [1.54, 1.807) is 0 Å². The fourth-order valence-corrected chi connectivity index (χ4v) is 6.47. The van der Waals surface area contributed by atoms with Crippen molar-refractivity contribution >= 4 is 43.2 Å². The monoisotopic (exact) mass is 532 g/mol. The Morgan fingerprint density at radius 2 is 0.917 bits per heavy atom. The van der Waals surface area contributed by atoms with Gasteiger partial charge in [0.05, 0.1) is 23.0 Å². The molecule has 3 rings (SSSR count). The van der Waals surface area contributed by atoms with Gasteiger partial charge in [-0.1, -0.05) is 36.4 Å². The Bertz CT molecular complexity index is 1400. The summed E-state index contributed by atoms with van der Waals surface area (Å²) in [6.07, 6.45) is 0. The molecular formula is C24H20O10S2. The van der Waals surface area contributed by atoms with Crippen LogP contribution in [0, 0.1) is 0 Å². The summed E-state index contributed by atoms with van der Waals surface area (Å²) in [7, 11) is -9.80. The van der Waals surface area contributed by atoms with Gasteiger partial charge in [-0.2, -0.15) is 0 Å². The van der Waals surface area contributed by atoms with E-state index in [0.29, 0.717) is 0 Å². The van der Waals surface area contributed by atoms with Gasteiger partial charge in [0.2, 0.25) is 31.2 Å². The first-order valence-corrected chi connectivity index (χ1v) is 13.5. The highest BCUT2D eigenvalue weighted by molar-refractivity contribution is 7.97. The number of hydrogen-bond donors (Lipinski definition) is 0. The lowest BCUT2D eigenvalue weighted by Gasteiger charge is -2.22. The van der Waals surface area contributed by atoms with E-state index in [1.165, 1.54) is 50.2 Å². The molecule has 188 valence electrons. The Morgan fingerprint density at radius 1 is 0.611 bits per heavy atom. The van der Waals surface area contributed by atoms with E-state index in [9.17, 15) is 36.0 Å². The van der Waals surface area contributed by atoms with Crippen LogP contribution in [0.2, 0.25) is 0 Å². The molecule has 0 unspecified atom stereocenters. The van der Waals surface area contributed by atoms with Crippen LogP contribution in [0.1, 0.15) is 13.8 Å². The molecule has 0 aliphatic heterocycles. The second-order valence-corrected chi connectivity index (χ2v) is 10.9. The van der Waals surface area contributed by atoms with Crippen LogP contribution in [0.5, 0.6) is 0 Å². The van der Waals surface area contributed by atoms with E-state index in [0.717, 1.165) is 24.3 Å². The molecule has 0 bridgehead atoms. The van der Waals surface area contributed by atoms with Gasteiger partial charge in [-0.25, -0.2) is 26.4 Å². The maximum atomic E-state index is 13.6. The van der Waals surface area contributed by atoms with Gasteiger partial charge in [-0.05, 0) is 38.1 Å². The van der Waals surface area contributed by atoms with Crippen molar-refractivity contribution in [1.82, 2.24) is 0 Å². The summed E-state index contributed by atoms with van der Waals surface area (Å²) in [4.78, 5) is 49.1. The Hall–Kier alpha value is -3.90. The summed E-state index contributed by atoms with van der Waals surface area (Å²) in [5.74, 6) is -6.41. The number of carbonyl (C=O) groups excluding carboxylic acids is 4. The van der Waals surface area contributed by atoms with Gasteiger partial charge in [0.1, 0.15) is 21.0 Å². The highest BCUT2D eigenvalue weighted by Gasteiger charge is 2.50. The van der Waals surface area contributed by atoms with Crippen molar-refractivity contribution in [3.05, 3.63) is 81.6 Å². The Balaban J connectivity index is 2.44. The fraction of sp³-hybridized carbons (Fsp3) is 0.167. The number of benzene rings is 2. The van der Waals surface area contributed by atoms with Crippen LogP contribution in [-0.2, 0) is 48.3 Å². The highest BCUT2D eigenvalue weighted by atomic mass is 32.2. The number of ether oxygens (including phenoxy) is 2. The Labute approximate surface area is 207 Å². The minimum atomic E-state index is -4.90. The first kappa shape index (κ1) is 26.7. The molecule has 12 heteroatoms. The van der Waals surface area contributed by atoms with Crippen molar-refractivity contribution in [2.45, 2.75) is 23.6 Å². The molecule has 36 heavy (non-hydrogen) atoms. The first-order chi connectivity index (χ1) is 17.0. The lowest BCUT2D eigenvalue weighted by molar-refractivity contribution is -0.142. The molecule has 0 saturated carbocycles. The van der Waals surface area contributed by atoms with E-state index < -0.39 is 73.9 Å². The van der Waals surface area contributed by atoms with Crippen molar-refractivity contribution in [1.29, 1.82) is 0 Å². The third-order valence-corrected chi connectivity index (χ3v) is 8.56. The topological polar surface area (TPSA) is 155 Å². The summed E-state index contributed by atoms with van der Waals surface area (Å²) in [5.41, 5.74) is -2.62. The molecule has 0 aromatic heterocycles. The molecule has 0 heterocycles. The standard InChI is InChI=1S/C24H20O10S2/c1-3-33-23(27)17-19(25)22(36(31,32)16-13-9-6-10-14-16)18(24(28)34-4-2)20(26)21(17)35(29,30)15-11-7-5-8-12-15/h5-14H,3-4H2,1-2H3. The normalized spacial score (nSPS) is 14.6. The average molecular weight is 533 g/mol. The molecule has 2 aromatic rings. The molecule has 1 aliphatic rings. The molecule has 0 fully saturated rings. The number of ketones is 2. The number of rotatable bonds is 8. The maximum absolute atomic E-state index is 13.6. The summed E-state index contributed by atoms with van der Waals surface area (Å²) < 4.78 is 63.4. The van der Waals surface area contributed by atoms with E-state index in [-0.39, 0.29) is 13.2 Å². The molecular weight excluding hydrogens is 512 g/mol. The van der Waals surface area contributed by atoms with Gasteiger partial charge in [-0.15, -0.1) is 0 Å². The molecule has 0 amide bonds. The fourth-order valence-electron chi connectivity index (χ4n) is 3.39. The van der Waals surface area contributed by atoms with Crippen LogP contribution >= 0.6 is 0 Å². The summed E-state index contributed by atoms with van der Waals surface area (Å²) in [6, 6.07) is 12.7. The maximum Gasteiger partial charge on any atom is 0.343 e. The predicted octanol–water partition coefficient (Wildman–Crippen LogP) is 1.72. The van der Waals surface area contributed by atoms with Gasteiger partial charge in [0, 0.05) is 0 Å². The largest absolute Gasteiger partial charge is 0.462 e. The van der Waals surface area contributed by atoms with Crippen LogP contribution in [0.25, 0.3) is 0 Å². The molecule has 0 N–H and O–H groups in total. The van der Waals surface area contributed by atoms with Crippen molar-refractivity contribution in [2.24, 2.45) is 0 Å². The zero-order valence-electron chi connectivity index (χ0n) is 19.1. The molecule has 10 nitrogen and oxygen atoms in total. The number of hydrogen-bond acceptors (Lipinski definition) is 10. The SMILES string of the molecule is CCOC(=O)C1=C(S(=O)(=O)c2ccccc2)C(=O)C(C(=O)OCC)=C(S(=O)(=O)c2ccccc2)C1=O. The number of sulfone groups is 2. The minimum absolute atomic E-state index is 0.322. The average Bonchev–Trinajstić information content (AvgIpc) is 2.85. The first-order valence-electron chi connectivity index (χ1n) is 10.5. The number of carbonyl (C=O) groups is 4. The van der Waals surface area contributed by atoms with Gasteiger partial charge < -0.3 is 9.47 Å². The summed E-state index contributed by atoms with van der Waals surface area (Å²) in [5, 5.41) is 0. The predicted molar refractivity (Wildman–Crippen MR) is 125 cm³/mol. The summed E-state index contributed by atoms with van der Waals surface area (Å²) >= 11 is 0. The van der Waals surface area contributed by atoms with E-state index >= 15 is 0 Å². The highest BCUT2D eigenvalue weighted by Crippen LogP contribution is 2.37. The van der Waals surface area contributed by atoms with Crippen molar-refractivity contribution in [2.75, 3.05) is 13.2 Å². The smallest absolute Gasteiger partial charge is 0.343 e. The van der Waals surface area contributed by atoms with Crippen LogP contribution in [0.3, 0.4) is 0 Å². The zero-order valence-corrected chi connectivity index (χ0v) is 20.7. The van der Waals surface area contributed by atoms with Crippen LogP contribution in [0.15, 0.2) is 91.4 Å². The van der Waals surface area contributed by atoms with Gasteiger partial charge in [0.25, 0.3) is 0 Å². The van der Waals surface area contributed by atoms with Gasteiger partial charge in [0.15, 0.2) is 0 Å². The molecule has 0 saturated heterocycles. The minimum Gasteiger partial charge on any atom is -0.462 e. The molecule has 0 radical (unpaired) electrons. The van der Waals surface area contributed by atoms with Crippen molar-refractivity contribution in [3.8, 4) is 0 Å². The summed E-state index contributed by atoms with van der Waals surface area (Å²) in [6.45, 7) is 2.08. The van der Waals surface area contributed by atoms with Crippen molar-refractivity contribution in [3.63, 3.8) is 0 Å². The molecule has 2 aromatic carbocycles. The lowest BCUT2D eigenvalue weighted by atomic mass is 9.96. The quantitative estimate of drug-likeness (QED) is 0.279. The Kier molecular flexibility index (Phi) is 7.70. The number of esters is 2. The van der Waals surface area contributed by atoms with E-state index in [2.05, 4.69) is 0 Å². The Morgan fingerprint density at radius 3 is 1.19 bits per heavy atom. The lowest BCUT2D eigenvalue weighted by Crippen LogP contribution is -2.37. The van der Waals surface area contributed by atoms with E-state index in [4.69, 9.17) is 9.47 Å². The molecule has 0 atom stereocenters. The number of allylic oxidation sites excluding steroid dienone is 2. The van der Waals surface area contributed by atoms with Gasteiger partial charge in [-0.3, -0.25) is 9.59 Å². The second-order valence-electron chi connectivity index (χ2n) is 7.14. The van der Waals surface area contributed by atoms with E-state index in [1.807, 2.05) is 0 Å². The van der Waals surface area contributed by atoms with Crippen molar-refractivity contribution < 1.29 is 45.5 Å². The van der Waals surface area contributed by atoms with Crippen LogP contribution < -0.4 is 0 Å². The third kappa shape index (κ3) is 4.64. The van der Waals surface area contributed by atoms with Crippen LogP contribution in [0.4, 0.5) is 0 Å². The second kappa shape index (κ2) is 10.4. The third-order valence-electron chi connectivity index (χ3n) is 4.92. The number of Topliss-reactive ketones (excluding diaryl/α,β-unsaturated/α-hetero) is 2. The molecule has 1 aliphatic carbocycles. The van der Waals surface area contributed by atoms with Crippen LogP contribution in [-0.4, -0.2) is 53.6 Å².